The number of nitrogens with zero attached hydrogens (tertiary/aromatic N) is 1. The Morgan fingerprint density at radius 3 is 2.81 bits per heavy atom. The average molecular weight is 287 g/mol. The van der Waals surface area contributed by atoms with Crippen LogP contribution in [0.15, 0.2) is 43.0 Å². The molecule has 1 heterocycles. The van der Waals surface area contributed by atoms with Crippen LogP contribution in [-0.2, 0) is 16.0 Å². The molecule has 0 aromatic heterocycles. The van der Waals surface area contributed by atoms with E-state index >= 15 is 0 Å². The van der Waals surface area contributed by atoms with Gasteiger partial charge in [-0.2, -0.15) is 0 Å². The fourth-order valence-corrected chi connectivity index (χ4v) is 2.49. The maximum absolute atomic E-state index is 12.2. The molecular formula is C17H21NO3. The summed E-state index contributed by atoms with van der Waals surface area (Å²) in [4.78, 5) is 25.3. The molecule has 1 aromatic rings. The lowest BCUT2D eigenvalue weighted by molar-refractivity contribution is -0.129. The average Bonchev–Trinajstić information content (AvgIpc) is 2.85. The third-order valence-corrected chi connectivity index (χ3v) is 3.59. The number of hydrogen-bond acceptors (Lipinski definition) is 3. The smallest absolute Gasteiger partial charge is 0.416 e. The van der Waals surface area contributed by atoms with E-state index in [9.17, 15) is 9.59 Å². The van der Waals surface area contributed by atoms with Crippen LogP contribution < -0.4 is 0 Å². The second kappa shape index (κ2) is 7.62. The molecule has 2 rings (SSSR count). The number of allylic oxidation sites excluding steroid dienone is 1. The van der Waals surface area contributed by atoms with Gasteiger partial charge in [0.05, 0.1) is 6.04 Å². The van der Waals surface area contributed by atoms with E-state index in [0.717, 1.165) is 24.8 Å². The van der Waals surface area contributed by atoms with Crippen LogP contribution in [0.1, 0.15) is 31.2 Å². The van der Waals surface area contributed by atoms with E-state index in [1.165, 1.54) is 4.90 Å². The van der Waals surface area contributed by atoms with Gasteiger partial charge in [0, 0.05) is 6.42 Å². The third kappa shape index (κ3) is 4.18. The molecule has 0 aliphatic carbocycles. The molecule has 112 valence electrons. The van der Waals surface area contributed by atoms with E-state index in [0.29, 0.717) is 12.8 Å². The normalized spacial score (nSPS) is 17.6. The van der Waals surface area contributed by atoms with Crippen molar-refractivity contribution in [2.45, 2.75) is 38.1 Å². The number of unbranched alkanes of at least 4 members (excludes halogenated alkanes) is 2. The Kier molecular flexibility index (Phi) is 5.55. The molecule has 2 amide bonds. The Hall–Kier alpha value is -2.10. The standard InChI is InChI=1S/C17H21NO3/c1-2-3-4-8-11-16(19)18-15(13-21-17(18)20)12-14-9-6-5-7-10-14/h2,5-7,9-10,15H,1,3-4,8,11-13H2. The number of hydrogen-bond donors (Lipinski definition) is 0. The van der Waals surface area contributed by atoms with Crippen molar-refractivity contribution in [3.63, 3.8) is 0 Å². The molecule has 1 unspecified atom stereocenters. The van der Waals surface area contributed by atoms with E-state index < -0.39 is 6.09 Å². The van der Waals surface area contributed by atoms with E-state index in [1.807, 2.05) is 36.4 Å². The molecule has 0 radical (unpaired) electrons. The first-order valence-corrected chi connectivity index (χ1v) is 7.36. The van der Waals surface area contributed by atoms with Crippen LogP contribution in [0.5, 0.6) is 0 Å². The zero-order chi connectivity index (χ0) is 15.1. The lowest BCUT2D eigenvalue weighted by atomic mass is 10.1. The topological polar surface area (TPSA) is 46.6 Å². The zero-order valence-corrected chi connectivity index (χ0v) is 12.2. The summed E-state index contributed by atoms with van der Waals surface area (Å²) in [6.45, 7) is 3.94. The summed E-state index contributed by atoms with van der Waals surface area (Å²) in [5, 5.41) is 0. The molecule has 1 fully saturated rings. The molecule has 4 nitrogen and oxygen atoms in total. The SMILES string of the molecule is C=CCCCCC(=O)N1C(=O)OCC1Cc1ccccc1. The van der Waals surface area contributed by atoms with Crippen molar-refractivity contribution >= 4 is 12.0 Å². The third-order valence-electron chi connectivity index (χ3n) is 3.59. The van der Waals surface area contributed by atoms with E-state index in [-0.39, 0.29) is 18.6 Å². The van der Waals surface area contributed by atoms with Gasteiger partial charge >= 0.3 is 6.09 Å². The van der Waals surface area contributed by atoms with Crippen molar-refractivity contribution in [3.05, 3.63) is 48.6 Å². The van der Waals surface area contributed by atoms with Crippen molar-refractivity contribution in [2.24, 2.45) is 0 Å². The summed E-state index contributed by atoms with van der Waals surface area (Å²) in [5.74, 6) is -0.137. The molecule has 1 atom stereocenters. The van der Waals surface area contributed by atoms with Gasteiger partial charge in [-0.05, 0) is 31.2 Å². The van der Waals surface area contributed by atoms with Gasteiger partial charge in [0.15, 0.2) is 0 Å². The monoisotopic (exact) mass is 287 g/mol. The van der Waals surface area contributed by atoms with E-state index in [2.05, 4.69) is 6.58 Å². The van der Waals surface area contributed by atoms with Gasteiger partial charge in [0.25, 0.3) is 0 Å². The van der Waals surface area contributed by atoms with Gasteiger partial charge in [-0.15, -0.1) is 6.58 Å². The Morgan fingerprint density at radius 1 is 1.33 bits per heavy atom. The van der Waals surface area contributed by atoms with Crippen LogP contribution in [0.2, 0.25) is 0 Å². The summed E-state index contributed by atoms with van der Waals surface area (Å²) in [6.07, 6.45) is 4.94. The van der Waals surface area contributed by atoms with Gasteiger partial charge in [0.2, 0.25) is 5.91 Å². The lowest BCUT2D eigenvalue weighted by Gasteiger charge is -2.19. The lowest BCUT2D eigenvalue weighted by Crippen LogP contribution is -2.40. The number of benzene rings is 1. The van der Waals surface area contributed by atoms with Crippen LogP contribution in [0.4, 0.5) is 4.79 Å². The highest BCUT2D eigenvalue weighted by Gasteiger charge is 2.37. The molecule has 1 aliphatic heterocycles. The first kappa shape index (κ1) is 15.3. The Balaban J connectivity index is 1.93. The van der Waals surface area contributed by atoms with E-state index in [4.69, 9.17) is 4.74 Å². The van der Waals surface area contributed by atoms with Crippen molar-refractivity contribution in [3.8, 4) is 0 Å². The minimum Gasteiger partial charge on any atom is -0.447 e. The molecule has 0 spiro atoms. The fourth-order valence-electron chi connectivity index (χ4n) is 2.49. The Labute approximate surface area is 125 Å². The molecule has 1 aromatic carbocycles. The van der Waals surface area contributed by atoms with Gasteiger partial charge in [0.1, 0.15) is 6.61 Å². The Morgan fingerprint density at radius 2 is 2.10 bits per heavy atom. The number of carbonyl (C=O) groups is 2. The number of carbonyl (C=O) groups excluding carboxylic acids is 2. The quantitative estimate of drug-likeness (QED) is 0.571. The highest BCUT2D eigenvalue weighted by molar-refractivity contribution is 5.93. The largest absolute Gasteiger partial charge is 0.447 e. The summed E-state index contributed by atoms with van der Waals surface area (Å²) < 4.78 is 5.05. The summed E-state index contributed by atoms with van der Waals surface area (Å²) in [6, 6.07) is 9.66. The molecule has 21 heavy (non-hydrogen) atoms. The molecule has 1 aliphatic rings. The van der Waals surface area contributed by atoms with Crippen LogP contribution >= 0.6 is 0 Å². The minimum absolute atomic E-state index is 0.137. The molecule has 0 saturated carbocycles. The second-order valence-corrected chi connectivity index (χ2v) is 5.22. The fraction of sp³-hybridized carbons (Fsp3) is 0.412. The molecule has 0 bridgehead atoms. The number of ether oxygens (including phenoxy) is 1. The van der Waals surface area contributed by atoms with Crippen molar-refractivity contribution in [2.75, 3.05) is 6.61 Å². The summed E-state index contributed by atoms with van der Waals surface area (Å²) >= 11 is 0. The summed E-state index contributed by atoms with van der Waals surface area (Å²) in [7, 11) is 0. The first-order chi connectivity index (χ1) is 10.2. The number of amides is 2. The summed E-state index contributed by atoms with van der Waals surface area (Å²) in [5.41, 5.74) is 1.10. The van der Waals surface area contributed by atoms with Crippen molar-refractivity contribution in [1.29, 1.82) is 0 Å². The maximum Gasteiger partial charge on any atom is 0.416 e. The Bertz CT molecular complexity index is 498. The van der Waals surface area contributed by atoms with Gasteiger partial charge in [-0.3, -0.25) is 4.79 Å². The van der Waals surface area contributed by atoms with Crippen molar-refractivity contribution in [1.82, 2.24) is 4.90 Å². The highest BCUT2D eigenvalue weighted by Crippen LogP contribution is 2.19. The maximum atomic E-state index is 12.2. The van der Waals surface area contributed by atoms with Crippen LogP contribution in [0.25, 0.3) is 0 Å². The number of rotatable bonds is 7. The number of cyclic esters (lactones) is 1. The molecular weight excluding hydrogens is 266 g/mol. The highest BCUT2D eigenvalue weighted by atomic mass is 16.6. The first-order valence-electron chi connectivity index (χ1n) is 7.36. The second-order valence-electron chi connectivity index (χ2n) is 5.22. The van der Waals surface area contributed by atoms with Gasteiger partial charge in [-0.25, -0.2) is 9.69 Å². The molecule has 4 heteroatoms. The van der Waals surface area contributed by atoms with E-state index in [1.54, 1.807) is 0 Å². The van der Waals surface area contributed by atoms with Crippen molar-refractivity contribution < 1.29 is 14.3 Å². The minimum atomic E-state index is -0.510. The van der Waals surface area contributed by atoms with Crippen LogP contribution in [0, 0.1) is 0 Å². The van der Waals surface area contributed by atoms with Crippen LogP contribution in [-0.4, -0.2) is 29.5 Å². The molecule has 1 saturated heterocycles. The van der Waals surface area contributed by atoms with Crippen LogP contribution in [0.3, 0.4) is 0 Å². The predicted molar refractivity (Wildman–Crippen MR) is 80.8 cm³/mol. The van der Waals surface area contributed by atoms with Gasteiger partial charge < -0.3 is 4.74 Å². The molecule has 0 N–H and O–H groups in total. The predicted octanol–water partition coefficient (Wildman–Crippen LogP) is 3.32. The van der Waals surface area contributed by atoms with Gasteiger partial charge in [-0.1, -0.05) is 36.4 Å². The number of imide groups is 1. The zero-order valence-electron chi connectivity index (χ0n) is 12.2.